The molecule has 4 nitrogen and oxygen atoms in total. The zero-order chi connectivity index (χ0) is 12.3. The summed E-state index contributed by atoms with van der Waals surface area (Å²) in [6.45, 7) is 0.671. The van der Waals surface area contributed by atoms with Gasteiger partial charge in [-0.3, -0.25) is 0 Å². The van der Waals surface area contributed by atoms with Crippen molar-refractivity contribution >= 4 is 21.2 Å². The third-order valence-electron chi connectivity index (χ3n) is 3.02. The van der Waals surface area contributed by atoms with Crippen molar-refractivity contribution < 1.29 is 8.42 Å². The number of thiazole rings is 1. The summed E-state index contributed by atoms with van der Waals surface area (Å²) in [5.41, 5.74) is 6.51. The van der Waals surface area contributed by atoms with Crippen molar-refractivity contribution in [1.82, 2.24) is 4.98 Å². The van der Waals surface area contributed by atoms with Gasteiger partial charge in [0.1, 0.15) is 0 Å². The first-order valence-corrected chi connectivity index (χ1v) is 8.65. The number of hydrogen-bond donors (Lipinski definition) is 1. The highest BCUT2D eigenvalue weighted by Gasteiger charge is 2.27. The Hall–Kier alpha value is -0.460. The lowest BCUT2D eigenvalue weighted by atomic mass is 10.1. The molecule has 1 aliphatic heterocycles. The molecule has 0 radical (unpaired) electrons. The van der Waals surface area contributed by atoms with Crippen LogP contribution in [-0.4, -0.2) is 31.5 Å². The highest BCUT2D eigenvalue weighted by Crippen LogP contribution is 2.30. The van der Waals surface area contributed by atoms with Crippen LogP contribution in [0.15, 0.2) is 5.38 Å². The topological polar surface area (TPSA) is 73.1 Å². The Balaban J connectivity index is 2.04. The lowest BCUT2D eigenvalue weighted by Crippen LogP contribution is -2.23. The SMILES string of the molecule is NCCCc1csc(C2CCCS(=O)(=O)C2)n1. The summed E-state index contributed by atoms with van der Waals surface area (Å²) in [7, 11) is -2.84. The first-order chi connectivity index (χ1) is 8.11. The number of rotatable bonds is 4. The normalized spacial score (nSPS) is 23.7. The van der Waals surface area contributed by atoms with Crippen LogP contribution in [0.3, 0.4) is 0 Å². The molecule has 0 aliphatic carbocycles. The summed E-state index contributed by atoms with van der Waals surface area (Å²) in [6.07, 6.45) is 3.55. The molecular weight excluding hydrogens is 256 g/mol. The second-order valence-corrected chi connectivity index (χ2v) is 7.64. The van der Waals surface area contributed by atoms with E-state index < -0.39 is 9.84 Å². The average molecular weight is 274 g/mol. The lowest BCUT2D eigenvalue weighted by molar-refractivity contribution is 0.552. The van der Waals surface area contributed by atoms with Crippen molar-refractivity contribution in [3.8, 4) is 0 Å². The third-order valence-corrected chi connectivity index (χ3v) is 5.90. The van der Waals surface area contributed by atoms with Gasteiger partial charge >= 0.3 is 0 Å². The largest absolute Gasteiger partial charge is 0.330 e. The van der Waals surface area contributed by atoms with Gasteiger partial charge in [-0.25, -0.2) is 13.4 Å². The number of hydrogen-bond acceptors (Lipinski definition) is 5. The van der Waals surface area contributed by atoms with E-state index in [4.69, 9.17) is 5.73 Å². The van der Waals surface area contributed by atoms with Gasteiger partial charge < -0.3 is 5.73 Å². The fourth-order valence-corrected chi connectivity index (χ4v) is 4.93. The van der Waals surface area contributed by atoms with Crippen LogP contribution in [0.25, 0.3) is 0 Å². The summed E-state index contributed by atoms with van der Waals surface area (Å²) in [5, 5.41) is 3.02. The molecule has 0 saturated carbocycles. The molecule has 6 heteroatoms. The number of aryl methyl sites for hydroxylation is 1. The van der Waals surface area contributed by atoms with Gasteiger partial charge in [-0.15, -0.1) is 11.3 Å². The van der Waals surface area contributed by atoms with Crippen LogP contribution >= 0.6 is 11.3 Å². The molecule has 0 spiro atoms. The molecule has 2 heterocycles. The predicted molar refractivity (Wildman–Crippen MR) is 70.1 cm³/mol. The smallest absolute Gasteiger partial charge is 0.151 e. The molecular formula is C11H18N2O2S2. The molecule has 1 fully saturated rings. The van der Waals surface area contributed by atoms with Gasteiger partial charge in [-0.2, -0.15) is 0 Å². The van der Waals surface area contributed by atoms with Gasteiger partial charge in [0.25, 0.3) is 0 Å². The maximum atomic E-state index is 11.6. The summed E-state index contributed by atoms with van der Waals surface area (Å²) in [4.78, 5) is 4.54. The molecule has 0 aromatic carbocycles. The number of nitrogens with two attached hydrogens (primary N) is 1. The minimum atomic E-state index is -2.84. The van der Waals surface area contributed by atoms with E-state index >= 15 is 0 Å². The van der Waals surface area contributed by atoms with Crippen LogP contribution in [0, 0.1) is 0 Å². The second-order valence-electron chi connectivity index (χ2n) is 4.52. The molecule has 1 aromatic heterocycles. The fourth-order valence-electron chi connectivity index (χ4n) is 2.13. The van der Waals surface area contributed by atoms with E-state index in [1.54, 1.807) is 11.3 Å². The monoisotopic (exact) mass is 274 g/mol. The Bertz CT molecular complexity index is 468. The van der Waals surface area contributed by atoms with Gasteiger partial charge in [0.15, 0.2) is 9.84 Å². The fraction of sp³-hybridized carbons (Fsp3) is 0.727. The maximum Gasteiger partial charge on any atom is 0.151 e. The maximum absolute atomic E-state index is 11.6. The highest BCUT2D eigenvalue weighted by atomic mass is 32.2. The van der Waals surface area contributed by atoms with Crippen LogP contribution < -0.4 is 5.73 Å². The Morgan fingerprint density at radius 2 is 2.35 bits per heavy atom. The molecule has 0 bridgehead atoms. The Labute approximate surface area is 106 Å². The lowest BCUT2D eigenvalue weighted by Gasteiger charge is -2.19. The van der Waals surface area contributed by atoms with Gasteiger partial charge in [0.05, 0.1) is 22.2 Å². The molecule has 1 unspecified atom stereocenters. The molecule has 1 aliphatic rings. The van der Waals surface area contributed by atoms with E-state index in [2.05, 4.69) is 4.98 Å². The summed E-state index contributed by atoms with van der Waals surface area (Å²) < 4.78 is 23.1. The standard InChI is InChI=1S/C11H18N2O2S2/c12-5-1-4-10-7-16-11(13-10)9-3-2-6-17(14,15)8-9/h7,9H,1-6,8,12H2. The van der Waals surface area contributed by atoms with Crippen molar-refractivity contribution in [2.24, 2.45) is 5.73 Å². The van der Waals surface area contributed by atoms with E-state index in [1.165, 1.54) is 0 Å². The molecule has 17 heavy (non-hydrogen) atoms. The van der Waals surface area contributed by atoms with Crippen molar-refractivity contribution in [2.45, 2.75) is 31.6 Å². The molecule has 96 valence electrons. The van der Waals surface area contributed by atoms with Gasteiger partial charge in [0.2, 0.25) is 0 Å². The minimum Gasteiger partial charge on any atom is -0.330 e. The Morgan fingerprint density at radius 1 is 1.53 bits per heavy atom. The zero-order valence-electron chi connectivity index (χ0n) is 9.76. The van der Waals surface area contributed by atoms with Crippen molar-refractivity contribution in [1.29, 1.82) is 0 Å². The molecule has 0 amide bonds. The summed E-state index contributed by atoms with van der Waals surface area (Å²) in [6, 6.07) is 0. The second kappa shape index (κ2) is 5.46. The quantitative estimate of drug-likeness (QED) is 0.899. The number of aromatic nitrogens is 1. The van der Waals surface area contributed by atoms with Crippen LogP contribution in [0.1, 0.15) is 35.9 Å². The van der Waals surface area contributed by atoms with E-state index in [9.17, 15) is 8.42 Å². The molecule has 1 atom stereocenters. The van der Waals surface area contributed by atoms with Crippen molar-refractivity contribution in [2.75, 3.05) is 18.1 Å². The van der Waals surface area contributed by atoms with Crippen LogP contribution in [0.4, 0.5) is 0 Å². The van der Waals surface area contributed by atoms with E-state index in [1.807, 2.05) is 5.38 Å². The predicted octanol–water partition coefficient (Wildman–Crippen LogP) is 1.33. The molecule has 2 N–H and O–H groups in total. The highest BCUT2D eigenvalue weighted by molar-refractivity contribution is 7.91. The minimum absolute atomic E-state index is 0.116. The first kappa shape index (κ1) is 13.0. The Kier molecular flexibility index (Phi) is 4.17. The summed E-state index contributed by atoms with van der Waals surface area (Å²) >= 11 is 1.59. The van der Waals surface area contributed by atoms with Crippen molar-refractivity contribution in [3.05, 3.63) is 16.1 Å². The van der Waals surface area contributed by atoms with E-state index in [0.717, 1.165) is 36.4 Å². The van der Waals surface area contributed by atoms with Gasteiger partial charge in [-0.1, -0.05) is 0 Å². The molecule has 2 rings (SSSR count). The van der Waals surface area contributed by atoms with Crippen LogP contribution in [0.2, 0.25) is 0 Å². The van der Waals surface area contributed by atoms with Crippen molar-refractivity contribution in [3.63, 3.8) is 0 Å². The van der Waals surface area contributed by atoms with Gasteiger partial charge in [-0.05, 0) is 32.2 Å². The average Bonchev–Trinajstić information content (AvgIpc) is 2.73. The van der Waals surface area contributed by atoms with Crippen LogP contribution in [-0.2, 0) is 16.3 Å². The van der Waals surface area contributed by atoms with Gasteiger partial charge in [0, 0.05) is 11.3 Å². The number of nitrogens with zero attached hydrogens (tertiary/aromatic N) is 1. The Morgan fingerprint density at radius 3 is 3.06 bits per heavy atom. The van der Waals surface area contributed by atoms with E-state index in [0.29, 0.717) is 12.3 Å². The molecule has 1 aromatic rings. The first-order valence-electron chi connectivity index (χ1n) is 5.95. The summed E-state index contributed by atoms with van der Waals surface area (Å²) in [5.74, 6) is 0.733. The zero-order valence-corrected chi connectivity index (χ0v) is 11.4. The van der Waals surface area contributed by atoms with E-state index in [-0.39, 0.29) is 11.7 Å². The third kappa shape index (κ3) is 3.50. The number of sulfone groups is 1. The van der Waals surface area contributed by atoms with Crippen LogP contribution in [0.5, 0.6) is 0 Å². The molecule has 1 saturated heterocycles.